The minimum Gasteiger partial charge on any atom is -0.453 e. The third kappa shape index (κ3) is 5.82. The number of carbonyl (C=O) groups excluding carboxylic acids is 2. The first-order valence-corrected chi connectivity index (χ1v) is 11.8. The van der Waals surface area contributed by atoms with Crippen LogP contribution in [0.25, 0.3) is 11.3 Å². The molecular formula is C27H32N4O4. The lowest BCUT2D eigenvalue weighted by Gasteiger charge is -2.41. The number of carbonyl (C=O) groups is 2. The van der Waals surface area contributed by atoms with Gasteiger partial charge in [-0.15, -0.1) is 0 Å². The number of piperidine rings is 1. The molecule has 0 saturated carbocycles. The number of rotatable bonds is 4. The highest BCUT2D eigenvalue weighted by Crippen LogP contribution is 2.42. The summed E-state index contributed by atoms with van der Waals surface area (Å²) in [6.07, 6.45) is 2.75. The number of H-pyrrole nitrogens is 1. The van der Waals surface area contributed by atoms with Gasteiger partial charge in [0.25, 0.3) is 0 Å². The third-order valence-electron chi connectivity index (χ3n) is 5.99. The quantitative estimate of drug-likeness (QED) is 0.473. The van der Waals surface area contributed by atoms with E-state index in [0.717, 1.165) is 29.9 Å². The van der Waals surface area contributed by atoms with Crippen molar-refractivity contribution in [3.05, 3.63) is 72.2 Å². The van der Waals surface area contributed by atoms with Gasteiger partial charge in [-0.3, -0.25) is 10.2 Å². The number of ether oxygens (including phenoxy) is 2. The average molecular weight is 477 g/mol. The molecule has 0 spiro atoms. The standard InChI is InChI=1S/C27H32N4O4/c1-27(2,3)35-26(33)31-16-8-11-21(18-9-6-5-7-10-18)23(31)24-28-17-22(30-24)19-12-14-20(15-13-19)29-25(32)34-4/h5-7,9-10,12-15,17,21,23H,8,11,16H2,1-4H3,(H,28,30)(H,29,32). The van der Waals surface area contributed by atoms with Crippen molar-refractivity contribution in [2.45, 2.75) is 51.2 Å². The van der Waals surface area contributed by atoms with Crippen LogP contribution in [0.3, 0.4) is 0 Å². The summed E-state index contributed by atoms with van der Waals surface area (Å²) in [6.45, 7) is 6.24. The zero-order chi connectivity index (χ0) is 25.0. The number of hydrogen-bond acceptors (Lipinski definition) is 5. The van der Waals surface area contributed by atoms with Gasteiger partial charge in [-0.05, 0) is 56.9 Å². The first kappa shape index (κ1) is 24.3. The molecule has 8 nitrogen and oxygen atoms in total. The molecule has 2 amide bonds. The van der Waals surface area contributed by atoms with E-state index in [9.17, 15) is 9.59 Å². The van der Waals surface area contributed by atoms with Gasteiger partial charge in [0.2, 0.25) is 0 Å². The van der Waals surface area contributed by atoms with Crippen LogP contribution in [0.15, 0.2) is 60.8 Å². The van der Waals surface area contributed by atoms with Crippen molar-refractivity contribution in [3.63, 3.8) is 0 Å². The van der Waals surface area contributed by atoms with Gasteiger partial charge in [-0.25, -0.2) is 14.6 Å². The van der Waals surface area contributed by atoms with Gasteiger partial charge in [0.05, 0.1) is 25.0 Å². The van der Waals surface area contributed by atoms with Crippen LogP contribution in [-0.2, 0) is 9.47 Å². The lowest BCUT2D eigenvalue weighted by atomic mass is 9.83. The third-order valence-corrected chi connectivity index (χ3v) is 5.99. The van der Waals surface area contributed by atoms with E-state index in [4.69, 9.17) is 9.72 Å². The van der Waals surface area contributed by atoms with Gasteiger partial charge < -0.3 is 14.5 Å². The molecule has 4 rings (SSSR count). The van der Waals surface area contributed by atoms with Gasteiger partial charge in [0, 0.05) is 18.2 Å². The van der Waals surface area contributed by atoms with E-state index in [0.29, 0.717) is 12.2 Å². The topological polar surface area (TPSA) is 96.6 Å². The molecule has 0 bridgehead atoms. The van der Waals surface area contributed by atoms with Crippen LogP contribution < -0.4 is 5.32 Å². The number of imidazole rings is 1. The summed E-state index contributed by atoms with van der Waals surface area (Å²) >= 11 is 0. The Kier molecular flexibility index (Phi) is 7.10. The average Bonchev–Trinajstić information content (AvgIpc) is 3.33. The fourth-order valence-electron chi connectivity index (χ4n) is 4.44. The Bertz CT molecular complexity index is 1150. The van der Waals surface area contributed by atoms with E-state index in [1.54, 1.807) is 23.2 Å². The second-order valence-corrected chi connectivity index (χ2v) is 9.65. The van der Waals surface area contributed by atoms with Crippen LogP contribution >= 0.6 is 0 Å². The van der Waals surface area contributed by atoms with Crippen molar-refractivity contribution >= 4 is 17.9 Å². The summed E-state index contributed by atoms with van der Waals surface area (Å²) in [7, 11) is 1.32. The van der Waals surface area contributed by atoms with Crippen LogP contribution in [0.5, 0.6) is 0 Å². The van der Waals surface area contributed by atoms with Crippen molar-refractivity contribution in [2.75, 3.05) is 19.0 Å². The summed E-state index contributed by atoms with van der Waals surface area (Å²) in [5.41, 5.74) is 2.95. The van der Waals surface area contributed by atoms with Crippen molar-refractivity contribution in [1.82, 2.24) is 14.9 Å². The fourth-order valence-corrected chi connectivity index (χ4v) is 4.44. The van der Waals surface area contributed by atoms with Crippen molar-refractivity contribution < 1.29 is 19.1 Å². The summed E-state index contributed by atoms with van der Waals surface area (Å²) < 4.78 is 10.4. The number of benzene rings is 2. The molecule has 35 heavy (non-hydrogen) atoms. The number of methoxy groups -OCH3 is 1. The highest BCUT2D eigenvalue weighted by molar-refractivity contribution is 5.84. The zero-order valence-electron chi connectivity index (χ0n) is 20.6. The SMILES string of the molecule is COC(=O)Nc1ccc(-c2cnc(C3C(c4ccccc4)CCCN3C(=O)OC(C)(C)C)[nH]2)cc1. The molecule has 1 fully saturated rings. The Morgan fingerprint density at radius 3 is 2.46 bits per heavy atom. The van der Waals surface area contributed by atoms with E-state index in [-0.39, 0.29) is 18.1 Å². The van der Waals surface area contributed by atoms with Gasteiger partial charge in [0.1, 0.15) is 11.4 Å². The lowest BCUT2D eigenvalue weighted by molar-refractivity contribution is 0.00487. The zero-order valence-corrected chi connectivity index (χ0v) is 20.6. The first-order chi connectivity index (χ1) is 16.7. The number of nitrogens with zero attached hydrogens (tertiary/aromatic N) is 2. The Morgan fingerprint density at radius 1 is 1.09 bits per heavy atom. The lowest BCUT2D eigenvalue weighted by Crippen LogP contribution is -2.45. The highest BCUT2D eigenvalue weighted by Gasteiger charge is 2.40. The molecule has 3 aromatic rings. The van der Waals surface area contributed by atoms with Gasteiger partial charge in [-0.2, -0.15) is 0 Å². The summed E-state index contributed by atoms with van der Waals surface area (Å²) in [4.78, 5) is 34.6. The fraction of sp³-hybridized carbons (Fsp3) is 0.370. The number of nitrogens with one attached hydrogen (secondary N) is 2. The van der Waals surface area contributed by atoms with E-state index < -0.39 is 11.7 Å². The maximum Gasteiger partial charge on any atom is 0.411 e. The second kappa shape index (κ2) is 10.2. The smallest absolute Gasteiger partial charge is 0.411 e. The molecule has 2 N–H and O–H groups in total. The summed E-state index contributed by atoms with van der Waals surface area (Å²) in [5, 5.41) is 2.64. The molecule has 1 aromatic heterocycles. The van der Waals surface area contributed by atoms with Gasteiger partial charge >= 0.3 is 12.2 Å². The van der Waals surface area contributed by atoms with Gasteiger partial charge in [-0.1, -0.05) is 42.5 Å². The van der Waals surface area contributed by atoms with Crippen LogP contribution in [0, 0.1) is 0 Å². The second-order valence-electron chi connectivity index (χ2n) is 9.65. The number of hydrogen-bond donors (Lipinski definition) is 2. The Morgan fingerprint density at radius 2 is 1.80 bits per heavy atom. The largest absolute Gasteiger partial charge is 0.453 e. The molecule has 8 heteroatoms. The Labute approximate surface area is 205 Å². The van der Waals surface area contributed by atoms with Crippen molar-refractivity contribution in [3.8, 4) is 11.3 Å². The van der Waals surface area contributed by atoms with Crippen LogP contribution in [0.2, 0.25) is 0 Å². The number of amides is 2. The Balaban J connectivity index is 1.65. The maximum absolute atomic E-state index is 13.2. The minimum absolute atomic E-state index is 0.0862. The molecule has 0 radical (unpaired) electrons. The van der Waals surface area contributed by atoms with Crippen molar-refractivity contribution in [1.29, 1.82) is 0 Å². The Hall–Kier alpha value is -3.81. The molecule has 2 atom stereocenters. The normalized spacial score (nSPS) is 18.1. The predicted molar refractivity (Wildman–Crippen MR) is 134 cm³/mol. The monoisotopic (exact) mass is 476 g/mol. The predicted octanol–water partition coefficient (Wildman–Crippen LogP) is 6.11. The number of anilines is 1. The van der Waals surface area contributed by atoms with E-state index in [1.807, 2.05) is 51.1 Å². The molecule has 1 saturated heterocycles. The molecule has 2 heterocycles. The molecule has 1 aliphatic rings. The molecular weight excluding hydrogens is 444 g/mol. The molecule has 2 aromatic carbocycles. The van der Waals surface area contributed by atoms with Crippen LogP contribution in [0.1, 0.15) is 57.0 Å². The van der Waals surface area contributed by atoms with E-state index >= 15 is 0 Å². The van der Waals surface area contributed by atoms with Crippen molar-refractivity contribution in [2.24, 2.45) is 0 Å². The number of likely N-dealkylation sites (tertiary alicyclic amines) is 1. The molecule has 184 valence electrons. The van der Waals surface area contributed by atoms with E-state index in [2.05, 4.69) is 27.2 Å². The van der Waals surface area contributed by atoms with E-state index in [1.165, 1.54) is 12.7 Å². The highest BCUT2D eigenvalue weighted by atomic mass is 16.6. The molecule has 2 unspecified atom stereocenters. The van der Waals surface area contributed by atoms with Crippen LogP contribution in [0.4, 0.5) is 15.3 Å². The molecule has 0 aliphatic carbocycles. The maximum atomic E-state index is 13.2. The number of aromatic nitrogens is 2. The van der Waals surface area contributed by atoms with Crippen LogP contribution in [-0.4, -0.2) is 46.3 Å². The summed E-state index contributed by atoms with van der Waals surface area (Å²) in [6, 6.07) is 17.4. The minimum atomic E-state index is -0.588. The van der Waals surface area contributed by atoms with Gasteiger partial charge in [0.15, 0.2) is 0 Å². The summed E-state index contributed by atoms with van der Waals surface area (Å²) in [5.74, 6) is 0.805. The molecule has 1 aliphatic heterocycles. The first-order valence-electron chi connectivity index (χ1n) is 11.8. The number of aromatic amines is 1.